The van der Waals surface area contributed by atoms with Gasteiger partial charge in [0.1, 0.15) is 0 Å². The number of sulfonamides is 1. The van der Waals surface area contributed by atoms with Gasteiger partial charge in [-0.05, 0) is 18.6 Å². The average Bonchev–Trinajstić information content (AvgIpc) is 2.27. The second-order valence-electron chi connectivity index (χ2n) is 4.34. The Kier molecular flexibility index (Phi) is 4.84. The van der Waals surface area contributed by atoms with Crippen LogP contribution in [-0.4, -0.2) is 44.0 Å². The summed E-state index contributed by atoms with van der Waals surface area (Å²) in [5.74, 6) is -0.0677. The Morgan fingerprint density at radius 1 is 1.32 bits per heavy atom. The number of nitrogens with zero attached hydrogens (tertiary/aromatic N) is 2. The van der Waals surface area contributed by atoms with Crippen molar-refractivity contribution < 1.29 is 13.3 Å². The first-order valence-electron chi connectivity index (χ1n) is 5.62. The predicted octanol–water partition coefficient (Wildman–Crippen LogP) is 1.21. The van der Waals surface area contributed by atoms with Crippen LogP contribution in [0, 0.1) is 17.0 Å². The fraction of sp³-hybridized carbons (Fsp3) is 0.455. The van der Waals surface area contributed by atoms with E-state index in [9.17, 15) is 18.5 Å². The Bertz CT molecular complexity index is 569. The summed E-state index contributed by atoms with van der Waals surface area (Å²) in [6.07, 6.45) is 0. The number of aryl methyl sites for hydroxylation is 1. The van der Waals surface area contributed by atoms with Crippen molar-refractivity contribution in [3.63, 3.8) is 0 Å². The van der Waals surface area contributed by atoms with Crippen molar-refractivity contribution in [1.82, 2.24) is 4.31 Å². The lowest BCUT2D eigenvalue weighted by atomic mass is 10.2. The molecule has 0 fully saturated rings. The quantitative estimate of drug-likeness (QED) is 0.627. The van der Waals surface area contributed by atoms with Crippen LogP contribution in [0.15, 0.2) is 18.2 Å². The molecule has 0 heterocycles. The van der Waals surface area contributed by atoms with Crippen molar-refractivity contribution in [2.24, 2.45) is 0 Å². The van der Waals surface area contributed by atoms with Gasteiger partial charge in [-0.15, -0.1) is 0 Å². The number of non-ortho nitro benzene ring substituents is 1. The fourth-order valence-corrected chi connectivity index (χ4v) is 2.20. The number of benzene rings is 1. The van der Waals surface area contributed by atoms with Gasteiger partial charge < -0.3 is 5.32 Å². The van der Waals surface area contributed by atoms with Gasteiger partial charge >= 0.3 is 0 Å². The normalized spacial score (nSPS) is 11.6. The van der Waals surface area contributed by atoms with Crippen LogP contribution < -0.4 is 5.32 Å². The van der Waals surface area contributed by atoms with Gasteiger partial charge in [-0.3, -0.25) is 10.1 Å². The Labute approximate surface area is 112 Å². The molecule has 0 saturated carbocycles. The largest absolute Gasteiger partial charge is 0.384 e. The maximum atomic E-state index is 11.5. The van der Waals surface area contributed by atoms with Crippen molar-refractivity contribution in [3.05, 3.63) is 33.9 Å². The third-order valence-electron chi connectivity index (χ3n) is 2.52. The Balaban J connectivity index is 2.71. The molecule has 8 heteroatoms. The first-order valence-corrected chi connectivity index (χ1v) is 7.23. The van der Waals surface area contributed by atoms with Gasteiger partial charge in [0.2, 0.25) is 10.0 Å². The van der Waals surface area contributed by atoms with Gasteiger partial charge in [0.15, 0.2) is 0 Å². The summed E-state index contributed by atoms with van der Waals surface area (Å²) < 4.78 is 24.2. The molecule has 0 radical (unpaired) electrons. The molecule has 0 unspecified atom stereocenters. The van der Waals surface area contributed by atoms with Gasteiger partial charge in [0.05, 0.1) is 10.7 Å². The highest BCUT2D eigenvalue weighted by molar-refractivity contribution is 7.89. The second kappa shape index (κ2) is 5.98. The van der Waals surface area contributed by atoms with Crippen LogP contribution in [-0.2, 0) is 10.0 Å². The SMILES string of the molecule is Cc1cc(NCCS(=O)(=O)N(C)C)cc([N+](=O)[O-])c1. The van der Waals surface area contributed by atoms with Gasteiger partial charge in [-0.1, -0.05) is 0 Å². The highest BCUT2D eigenvalue weighted by Gasteiger charge is 2.13. The summed E-state index contributed by atoms with van der Waals surface area (Å²) in [6, 6.07) is 4.58. The number of anilines is 1. The zero-order chi connectivity index (χ0) is 14.6. The topological polar surface area (TPSA) is 92.6 Å². The molecule has 1 aromatic carbocycles. The van der Waals surface area contributed by atoms with Crippen LogP contribution in [0.1, 0.15) is 5.56 Å². The lowest BCUT2D eigenvalue weighted by molar-refractivity contribution is -0.384. The summed E-state index contributed by atoms with van der Waals surface area (Å²) in [5.41, 5.74) is 1.27. The second-order valence-corrected chi connectivity index (χ2v) is 6.64. The zero-order valence-corrected chi connectivity index (χ0v) is 11.9. The van der Waals surface area contributed by atoms with Crippen LogP contribution in [0.3, 0.4) is 0 Å². The summed E-state index contributed by atoms with van der Waals surface area (Å²) in [4.78, 5) is 10.2. The molecule has 0 bridgehead atoms. The minimum atomic E-state index is -3.27. The van der Waals surface area contributed by atoms with Gasteiger partial charge in [-0.2, -0.15) is 0 Å². The maximum absolute atomic E-state index is 11.5. The third-order valence-corrected chi connectivity index (χ3v) is 4.35. The predicted molar refractivity (Wildman–Crippen MR) is 73.8 cm³/mol. The molecule has 0 saturated heterocycles. The van der Waals surface area contributed by atoms with Crippen LogP contribution in [0.2, 0.25) is 0 Å². The minimum absolute atomic E-state index is 0.0158. The van der Waals surface area contributed by atoms with Crippen LogP contribution >= 0.6 is 0 Å². The number of nitro groups is 1. The van der Waals surface area contributed by atoms with E-state index in [1.165, 1.54) is 26.2 Å². The molecule has 1 aromatic rings. The number of hydrogen-bond acceptors (Lipinski definition) is 5. The van der Waals surface area contributed by atoms with E-state index in [0.29, 0.717) is 5.69 Å². The summed E-state index contributed by atoms with van der Waals surface area (Å²) in [5, 5.41) is 13.6. The molecule has 106 valence electrons. The number of nitro benzene ring substituents is 1. The van der Waals surface area contributed by atoms with E-state index in [2.05, 4.69) is 5.32 Å². The standard InChI is InChI=1S/C11H17N3O4S/c1-9-6-10(8-11(7-9)14(15)16)12-4-5-19(17,18)13(2)3/h6-8,12H,4-5H2,1-3H3. The Morgan fingerprint density at radius 3 is 2.47 bits per heavy atom. The Morgan fingerprint density at radius 2 is 1.95 bits per heavy atom. The molecule has 0 aliphatic carbocycles. The highest BCUT2D eigenvalue weighted by atomic mass is 32.2. The fourth-order valence-electron chi connectivity index (χ4n) is 1.48. The molecular weight excluding hydrogens is 270 g/mol. The van der Waals surface area contributed by atoms with E-state index in [0.717, 1.165) is 9.87 Å². The minimum Gasteiger partial charge on any atom is -0.384 e. The molecule has 1 N–H and O–H groups in total. The average molecular weight is 287 g/mol. The lowest BCUT2D eigenvalue weighted by Gasteiger charge is -2.12. The molecule has 0 amide bonds. The van der Waals surface area contributed by atoms with Crippen molar-refractivity contribution in [1.29, 1.82) is 0 Å². The van der Waals surface area contributed by atoms with E-state index in [4.69, 9.17) is 0 Å². The smallest absolute Gasteiger partial charge is 0.271 e. The molecule has 0 aliphatic heterocycles. The van der Waals surface area contributed by atoms with Gasteiger partial charge in [0.25, 0.3) is 5.69 Å². The molecule has 1 rings (SSSR count). The lowest BCUT2D eigenvalue weighted by Crippen LogP contribution is -2.28. The Hall–Kier alpha value is -1.67. The van der Waals surface area contributed by atoms with Crippen LogP contribution in [0.5, 0.6) is 0 Å². The van der Waals surface area contributed by atoms with Crippen molar-refractivity contribution in [2.75, 3.05) is 31.7 Å². The first kappa shape index (κ1) is 15.4. The van der Waals surface area contributed by atoms with E-state index in [-0.39, 0.29) is 18.0 Å². The van der Waals surface area contributed by atoms with E-state index >= 15 is 0 Å². The molecule has 0 atom stereocenters. The van der Waals surface area contributed by atoms with Crippen LogP contribution in [0.25, 0.3) is 0 Å². The monoisotopic (exact) mass is 287 g/mol. The number of rotatable bonds is 6. The van der Waals surface area contributed by atoms with Crippen molar-refractivity contribution in [3.8, 4) is 0 Å². The van der Waals surface area contributed by atoms with Gasteiger partial charge in [-0.25, -0.2) is 12.7 Å². The zero-order valence-electron chi connectivity index (χ0n) is 11.1. The molecule has 0 aromatic heterocycles. The first-order chi connectivity index (χ1) is 8.72. The molecular formula is C11H17N3O4S. The number of hydrogen-bond donors (Lipinski definition) is 1. The van der Waals surface area contributed by atoms with E-state index in [1.54, 1.807) is 13.0 Å². The summed E-state index contributed by atoms with van der Waals surface area (Å²) in [7, 11) is -0.338. The maximum Gasteiger partial charge on any atom is 0.271 e. The van der Waals surface area contributed by atoms with E-state index in [1.807, 2.05) is 0 Å². The van der Waals surface area contributed by atoms with Crippen LogP contribution in [0.4, 0.5) is 11.4 Å². The number of nitrogens with one attached hydrogen (secondary N) is 1. The third kappa shape index (κ3) is 4.49. The highest BCUT2D eigenvalue weighted by Crippen LogP contribution is 2.20. The summed E-state index contributed by atoms with van der Waals surface area (Å²) in [6.45, 7) is 1.94. The molecule has 7 nitrogen and oxygen atoms in total. The van der Waals surface area contributed by atoms with Gasteiger partial charge in [0, 0.05) is 38.5 Å². The van der Waals surface area contributed by atoms with E-state index < -0.39 is 14.9 Å². The molecule has 0 spiro atoms. The van der Waals surface area contributed by atoms with Crippen molar-refractivity contribution >= 4 is 21.4 Å². The molecule has 0 aliphatic rings. The van der Waals surface area contributed by atoms with Crippen molar-refractivity contribution in [2.45, 2.75) is 6.92 Å². The summed E-state index contributed by atoms with van der Waals surface area (Å²) >= 11 is 0. The molecule has 19 heavy (non-hydrogen) atoms.